The van der Waals surface area contributed by atoms with Gasteiger partial charge >= 0.3 is 0 Å². The van der Waals surface area contributed by atoms with Crippen LogP contribution in [0.15, 0.2) is 72.8 Å². The minimum atomic E-state index is -0.246. The van der Waals surface area contributed by atoms with E-state index in [1.165, 1.54) is 17.7 Å². The van der Waals surface area contributed by atoms with Crippen LogP contribution in [-0.4, -0.2) is 22.0 Å². The molecule has 0 N–H and O–H groups in total. The van der Waals surface area contributed by atoms with Gasteiger partial charge in [-0.05, 0) is 48.9 Å². The lowest BCUT2D eigenvalue weighted by molar-refractivity contribution is -0.117. The molecule has 1 aliphatic rings. The monoisotopic (exact) mass is 399 g/mol. The van der Waals surface area contributed by atoms with Crippen molar-refractivity contribution in [2.45, 2.75) is 25.8 Å². The number of aromatic nitrogens is 2. The van der Waals surface area contributed by atoms with Crippen LogP contribution in [0.25, 0.3) is 11.0 Å². The molecule has 0 bridgehead atoms. The molecule has 1 fully saturated rings. The Hall–Kier alpha value is -3.47. The largest absolute Gasteiger partial charge is 0.323 e. The van der Waals surface area contributed by atoms with E-state index in [2.05, 4.69) is 4.57 Å². The average molecular weight is 399 g/mol. The maximum absolute atomic E-state index is 13.4. The number of fused-ring (bicyclic) bond motifs is 1. The van der Waals surface area contributed by atoms with Crippen LogP contribution in [-0.2, 0) is 11.3 Å². The lowest BCUT2D eigenvalue weighted by atomic mass is 10.1. The number of halogens is 1. The second-order valence-electron chi connectivity index (χ2n) is 7.91. The molecule has 1 aromatic heterocycles. The highest BCUT2D eigenvalue weighted by Gasteiger charge is 2.34. The average Bonchev–Trinajstić information content (AvgIpc) is 3.31. The topological polar surface area (TPSA) is 38.1 Å². The van der Waals surface area contributed by atoms with Gasteiger partial charge in [-0.2, -0.15) is 0 Å². The van der Waals surface area contributed by atoms with Crippen molar-refractivity contribution in [1.29, 1.82) is 0 Å². The maximum atomic E-state index is 13.4. The summed E-state index contributed by atoms with van der Waals surface area (Å²) in [5.41, 5.74) is 5.03. The Morgan fingerprint density at radius 1 is 1.00 bits per heavy atom. The molecule has 4 nitrogen and oxygen atoms in total. The molecule has 30 heavy (non-hydrogen) atoms. The van der Waals surface area contributed by atoms with Gasteiger partial charge in [0.25, 0.3) is 0 Å². The zero-order chi connectivity index (χ0) is 20.7. The Kier molecular flexibility index (Phi) is 4.58. The van der Waals surface area contributed by atoms with Gasteiger partial charge in [0.15, 0.2) is 0 Å². The highest BCUT2D eigenvalue weighted by molar-refractivity contribution is 5.96. The third-order valence-electron chi connectivity index (χ3n) is 5.77. The Morgan fingerprint density at radius 3 is 2.50 bits per heavy atom. The molecule has 1 amide bonds. The third kappa shape index (κ3) is 3.36. The van der Waals surface area contributed by atoms with Crippen molar-refractivity contribution in [3.8, 4) is 0 Å². The first-order chi connectivity index (χ1) is 14.6. The number of carbonyl (C=O) groups is 1. The number of imidazole rings is 1. The van der Waals surface area contributed by atoms with E-state index in [0.717, 1.165) is 28.1 Å². The smallest absolute Gasteiger partial charge is 0.227 e. The minimum absolute atomic E-state index is 0.00616. The summed E-state index contributed by atoms with van der Waals surface area (Å²) in [4.78, 5) is 19.6. The molecule has 4 aromatic rings. The molecule has 2 heterocycles. The van der Waals surface area contributed by atoms with Gasteiger partial charge in [0.1, 0.15) is 11.6 Å². The van der Waals surface area contributed by atoms with Crippen molar-refractivity contribution in [2.24, 2.45) is 0 Å². The quantitative estimate of drug-likeness (QED) is 0.481. The van der Waals surface area contributed by atoms with Crippen LogP contribution in [0.5, 0.6) is 0 Å². The van der Waals surface area contributed by atoms with E-state index in [1.807, 2.05) is 60.4 Å². The summed E-state index contributed by atoms with van der Waals surface area (Å²) in [6.07, 6.45) is 0.431. The molecule has 150 valence electrons. The van der Waals surface area contributed by atoms with Gasteiger partial charge in [0, 0.05) is 31.1 Å². The van der Waals surface area contributed by atoms with Crippen molar-refractivity contribution in [3.05, 3.63) is 95.6 Å². The van der Waals surface area contributed by atoms with Crippen LogP contribution in [0.3, 0.4) is 0 Å². The Bertz CT molecular complexity index is 1210. The molecule has 0 spiro atoms. The third-order valence-corrected chi connectivity index (χ3v) is 5.77. The molecule has 3 aromatic carbocycles. The molecule has 5 rings (SSSR count). The van der Waals surface area contributed by atoms with E-state index in [4.69, 9.17) is 4.98 Å². The van der Waals surface area contributed by atoms with Crippen molar-refractivity contribution < 1.29 is 9.18 Å². The SMILES string of the molecule is Cc1ccc(N2CC(c3nc4ccccc4n3Cc3ccc(F)cc3)CC2=O)cc1. The molecular weight excluding hydrogens is 377 g/mol. The van der Waals surface area contributed by atoms with E-state index < -0.39 is 0 Å². The van der Waals surface area contributed by atoms with Gasteiger partial charge in [0.05, 0.1) is 11.0 Å². The van der Waals surface area contributed by atoms with Crippen LogP contribution in [0.4, 0.5) is 10.1 Å². The Balaban J connectivity index is 1.51. The number of para-hydroxylation sites is 2. The molecular formula is C25H22FN3O. The van der Waals surface area contributed by atoms with Crippen molar-refractivity contribution in [2.75, 3.05) is 11.4 Å². The number of benzene rings is 3. The highest BCUT2D eigenvalue weighted by Crippen LogP contribution is 2.33. The second-order valence-corrected chi connectivity index (χ2v) is 7.91. The van der Waals surface area contributed by atoms with Crippen LogP contribution in [0, 0.1) is 12.7 Å². The van der Waals surface area contributed by atoms with Crippen molar-refractivity contribution >= 4 is 22.6 Å². The maximum Gasteiger partial charge on any atom is 0.227 e. The van der Waals surface area contributed by atoms with Crippen molar-refractivity contribution in [3.63, 3.8) is 0 Å². The first-order valence-electron chi connectivity index (χ1n) is 10.1. The Labute approximate surface area is 174 Å². The zero-order valence-electron chi connectivity index (χ0n) is 16.8. The second kappa shape index (κ2) is 7.41. The summed E-state index contributed by atoms with van der Waals surface area (Å²) in [6.45, 7) is 3.23. The number of anilines is 1. The number of aryl methyl sites for hydroxylation is 1. The van der Waals surface area contributed by atoms with Gasteiger partial charge < -0.3 is 9.47 Å². The summed E-state index contributed by atoms with van der Waals surface area (Å²) in [6, 6.07) is 22.6. The van der Waals surface area contributed by atoms with Gasteiger partial charge in [-0.3, -0.25) is 4.79 Å². The first kappa shape index (κ1) is 18.6. The summed E-state index contributed by atoms with van der Waals surface area (Å²) >= 11 is 0. The molecule has 1 unspecified atom stereocenters. The normalized spacial score (nSPS) is 16.5. The summed E-state index contributed by atoms with van der Waals surface area (Å²) < 4.78 is 15.5. The van der Waals surface area contributed by atoms with Crippen LogP contribution in [0.2, 0.25) is 0 Å². The van der Waals surface area contributed by atoms with Crippen LogP contribution >= 0.6 is 0 Å². The zero-order valence-corrected chi connectivity index (χ0v) is 16.8. The summed E-state index contributed by atoms with van der Waals surface area (Å²) in [5, 5.41) is 0. The van der Waals surface area contributed by atoms with Gasteiger partial charge in [-0.15, -0.1) is 0 Å². The van der Waals surface area contributed by atoms with Gasteiger partial charge in [-0.1, -0.05) is 42.0 Å². The van der Waals surface area contributed by atoms with Gasteiger partial charge in [-0.25, -0.2) is 9.37 Å². The Morgan fingerprint density at radius 2 is 1.73 bits per heavy atom. The predicted molar refractivity (Wildman–Crippen MR) is 116 cm³/mol. The number of amides is 1. The standard InChI is InChI=1S/C25H22FN3O/c1-17-6-12-21(13-7-17)28-16-19(14-24(28)30)25-27-22-4-2-3-5-23(22)29(25)15-18-8-10-20(26)11-9-18/h2-13,19H,14-16H2,1H3. The van der Waals surface area contributed by atoms with Gasteiger partial charge in [0.2, 0.25) is 5.91 Å². The molecule has 1 saturated heterocycles. The fraction of sp³-hybridized carbons (Fsp3) is 0.200. The predicted octanol–water partition coefficient (Wildman–Crippen LogP) is 5.05. The number of nitrogens with zero attached hydrogens (tertiary/aromatic N) is 3. The number of rotatable bonds is 4. The highest BCUT2D eigenvalue weighted by atomic mass is 19.1. The molecule has 5 heteroatoms. The van der Waals surface area contributed by atoms with E-state index in [0.29, 0.717) is 19.5 Å². The van der Waals surface area contributed by atoms with Crippen LogP contribution in [0.1, 0.15) is 29.3 Å². The molecule has 0 radical (unpaired) electrons. The van der Waals surface area contributed by atoms with Crippen LogP contribution < -0.4 is 4.90 Å². The molecule has 0 saturated carbocycles. The summed E-state index contributed by atoms with van der Waals surface area (Å²) in [7, 11) is 0. The number of hydrogen-bond donors (Lipinski definition) is 0. The molecule has 1 atom stereocenters. The van der Waals surface area contributed by atoms with E-state index in [1.54, 1.807) is 12.1 Å². The lowest BCUT2D eigenvalue weighted by Crippen LogP contribution is -2.24. The molecule has 0 aliphatic carbocycles. The van der Waals surface area contributed by atoms with E-state index in [9.17, 15) is 9.18 Å². The van der Waals surface area contributed by atoms with E-state index in [-0.39, 0.29) is 17.6 Å². The first-order valence-corrected chi connectivity index (χ1v) is 10.1. The van der Waals surface area contributed by atoms with E-state index >= 15 is 0 Å². The summed E-state index contributed by atoms with van der Waals surface area (Å²) in [5.74, 6) is 0.781. The fourth-order valence-electron chi connectivity index (χ4n) is 4.20. The lowest BCUT2D eigenvalue weighted by Gasteiger charge is -2.18. The fourth-order valence-corrected chi connectivity index (χ4v) is 4.20. The van der Waals surface area contributed by atoms with Crippen molar-refractivity contribution in [1.82, 2.24) is 9.55 Å². The molecule has 1 aliphatic heterocycles. The minimum Gasteiger partial charge on any atom is -0.323 e. The number of carbonyl (C=O) groups excluding carboxylic acids is 1. The number of hydrogen-bond acceptors (Lipinski definition) is 2.